The molecule has 1 aliphatic rings. The minimum atomic E-state index is -0.296. The van der Waals surface area contributed by atoms with E-state index >= 15 is 0 Å². The fourth-order valence-electron chi connectivity index (χ4n) is 2.81. The molecule has 1 fully saturated rings. The first kappa shape index (κ1) is 15.2. The van der Waals surface area contributed by atoms with Crippen molar-refractivity contribution in [1.29, 1.82) is 0 Å². The number of carbonyl (C=O) groups is 1. The Morgan fingerprint density at radius 2 is 2.05 bits per heavy atom. The van der Waals surface area contributed by atoms with Crippen LogP contribution in [0.5, 0.6) is 0 Å². The Hall–Kier alpha value is -1.22. The average molecular weight is 296 g/mol. The van der Waals surface area contributed by atoms with Gasteiger partial charge >= 0.3 is 5.97 Å². The van der Waals surface area contributed by atoms with Crippen molar-refractivity contribution in [3.05, 3.63) is 29.3 Å². The minimum Gasteiger partial charge on any atom is -0.464 e. The van der Waals surface area contributed by atoms with Crippen molar-refractivity contribution >= 4 is 23.3 Å². The topological polar surface area (TPSA) is 38.3 Å². The van der Waals surface area contributed by atoms with E-state index in [2.05, 4.69) is 5.32 Å². The number of ether oxygens (including phenoxy) is 1. The number of nitrogens with one attached hydrogen (secondary N) is 1. The molecule has 1 aromatic carbocycles. The van der Waals surface area contributed by atoms with Crippen LogP contribution in [0.25, 0.3) is 0 Å². The molecule has 0 radical (unpaired) electrons. The Balaban J connectivity index is 2.13. The first-order valence-corrected chi connectivity index (χ1v) is 7.78. The van der Waals surface area contributed by atoms with Gasteiger partial charge < -0.3 is 10.1 Å². The lowest BCUT2D eigenvalue weighted by atomic mass is 9.83. The molecule has 1 unspecified atom stereocenters. The predicted molar refractivity (Wildman–Crippen MR) is 82.1 cm³/mol. The second-order valence-electron chi connectivity index (χ2n) is 5.25. The molecule has 0 saturated heterocycles. The molecule has 0 amide bonds. The maximum atomic E-state index is 12.2. The number of esters is 1. The number of para-hydroxylation sites is 1. The van der Waals surface area contributed by atoms with Gasteiger partial charge in [-0.15, -0.1) is 0 Å². The van der Waals surface area contributed by atoms with Crippen molar-refractivity contribution < 1.29 is 9.53 Å². The lowest BCUT2D eigenvalue weighted by Crippen LogP contribution is -2.39. The number of carbonyl (C=O) groups excluding carboxylic acids is 1. The smallest absolute Gasteiger partial charge is 0.328 e. The molecule has 1 N–H and O–H groups in total. The first-order chi connectivity index (χ1) is 9.72. The van der Waals surface area contributed by atoms with Gasteiger partial charge in [-0.3, -0.25) is 0 Å². The third-order valence-corrected chi connectivity index (χ3v) is 4.18. The zero-order chi connectivity index (χ0) is 14.4. The monoisotopic (exact) mass is 295 g/mol. The van der Waals surface area contributed by atoms with Crippen LogP contribution >= 0.6 is 11.6 Å². The molecular weight excluding hydrogens is 274 g/mol. The van der Waals surface area contributed by atoms with Crippen molar-refractivity contribution in [3.8, 4) is 0 Å². The zero-order valence-corrected chi connectivity index (χ0v) is 12.7. The molecule has 110 valence electrons. The molecule has 0 spiro atoms. The third kappa shape index (κ3) is 3.89. The van der Waals surface area contributed by atoms with Crippen molar-refractivity contribution in [2.45, 2.75) is 45.1 Å². The van der Waals surface area contributed by atoms with Crippen molar-refractivity contribution in [2.24, 2.45) is 5.92 Å². The van der Waals surface area contributed by atoms with E-state index in [-0.39, 0.29) is 12.0 Å². The summed E-state index contributed by atoms with van der Waals surface area (Å²) in [5, 5.41) is 3.93. The van der Waals surface area contributed by atoms with E-state index in [0.29, 0.717) is 17.5 Å². The number of anilines is 1. The van der Waals surface area contributed by atoms with Crippen LogP contribution in [0.15, 0.2) is 24.3 Å². The molecule has 3 nitrogen and oxygen atoms in total. The van der Waals surface area contributed by atoms with Crippen LogP contribution in [0.3, 0.4) is 0 Å². The SMILES string of the molecule is CCOC(=O)C(Nc1ccccc1Cl)C1CCCCC1. The van der Waals surface area contributed by atoms with Crippen LogP contribution in [0.2, 0.25) is 5.02 Å². The maximum absolute atomic E-state index is 12.2. The Morgan fingerprint density at radius 1 is 1.35 bits per heavy atom. The molecular formula is C16H22ClNO2. The van der Waals surface area contributed by atoms with Gasteiger partial charge in [-0.05, 0) is 37.8 Å². The largest absolute Gasteiger partial charge is 0.464 e. The molecule has 20 heavy (non-hydrogen) atoms. The van der Waals surface area contributed by atoms with E-state index in [1.165, 1.54) is 19.3 Å². The molecule has 0 aliphatic heterocycles. The van der Waals surface area contributed by atoms with E-state index in [0.717, 1.165) is 18.5 Å². The van der Waals surface area contributed by atoms with Gasteiger partial charge in [0.05, 0.1) is 17.3 Å². The van der Waals surface area contributed by atoms with Gasteiger partial charge in [0.1, 0.15) is 6.04 Å². The van der Waals surface area contributed by atoms with Gasteiger partial charge in [0.2, 0.25) is 0 Å². The summed E-state index contributed by atoms with van der Waals surface area (Å²) in [5.74, 6) is 0.165. The lowest BCUT2D eigenvalue weighted by molar-refractivity contribution is -0.145. The second kappa shape index (κ2) is 7.53. The molecule has 1 saturated carbocycles. The van der Waals surface area contributed by atoms with Gasteiger partial charge in [0, 0.05) is 0 Å². The van der Waals surface area contributed by atoms with Crippen LogP contribution in [-0.4, -0.2) is 18.6 Å². The average Bonchev–Trinajstić information content (AvgIpc) is 2.47. The molecule has 0 heterocycles. The van der Waals surface area contributed by atoms with Gasteiger partial charge in [-0.25, -0.2) is 4.79 Å². The number of rotatable bonds is 5. The molecule has 0 bridgehead atoms. The number of hydrogen-bond donors (Lipinski definition) is 1. The summed E-state index contributed by atoms with van der Waals surface area (Å²) in [6.45, 7) is 2.25. The summed E-state index contributed by atoms with van der Waals surface area (Å²) in [6.07, 6.45) is 5.77. The van der Waals surface area contributed by atoms with E-state index < -0.39 is 0 Å². The Bertz CT molecular complexity index is 444. The summed E-state index contributed by atoms with van der Waals surface area (Å²) in [4.78, 5) is 12.2. The van der Waals surface area contributed by atoms with E-state index in [1.807, 2.05) is 31.2 Å². The standard InChI is InChI=1S/C16H22ClNO2/c1-2-20-16(19)15(12-8-4-3-5-9-12)18-14-11-7-6-10-13(14)17/h6-7,10-12,15,18H,2-5,8-9H2,1H3. The molecule has 4 heteroatoms. The summed E-state index contributed by atoms with van der Waals surface area (Å²) in [6, 6.07) is 7.23. The summed E-state index contributed by atoms with van der Waals surface area (Å²) in [5.41, 5.74) is 0.804. The van der Waals surface area contributed by atoms with Crippen molar-refractivity contribution in [3.63, 3.8) is 0 Å². The minimum absolute atomic E-state index is 0.167. The molecule has 2 rings (SSSR count). The van der Waals surface area contributed by atoms with Crippen LogP contribution in [0.1, 0.15) is 39.0 Å². The van der Waals surface area contributed by atoms with Crippen molar-refractivity contribution in [2.75, 3.05) is 11.9 Å². The van der Waals surface area contributed by atoms with Gasteiger partial charge in [-0.1, -0.05) is 43.0 Å². The molecule has 1 atom stereocenters. The molecule has 1 aliphatic carbocycles. The lowest BCUT2D eigenvalue weighted by Gasteiger charge is -2.30. The Morgan fingerprint density at radius 3 is 2.70 bits per heavy atom. The highest BCUT2D eigenvalue weighted by molar-refractivity contribution is 6.33. The van der Waals surface area contributed by atoms with Gasteiger partial charge in [0.25, 0.3) is 0 Å². The van der Waals surface area contributed by atoms with Gasteiger partial charge in [0.15, 0.2) is 0 Å². The Kier molecular flexibility index (Phi) is 5.72. The predicted octanol–water partition coefficient (Wildman–Crippen LogP) is 4.26. The molecule has 1 aromatic rings. The van der Waals surface area contributed by atoms with Crippen molar-refractivity contribution in [1.82, 2.24) is 0 Å². The first-order valence-electron chi connectivity index (χ1n) is 7.40. The summed E-state index contributed by atoms with van der Waals surface area (Å²) >= 11 is 6.17. The highest BCUT2D eigenvalue weighted by Crippen LogP contribution is 2.30. The second-order valence-corrected chi connectivity index (χ2v) is 5.66. The number of hydrogen-bond acceptors (Lipinski definition) is 3. The third-order valence-electron chi connectivity index (χ3n) is 3.85. The van der Waals surface area contributed by atoms with Crippen LogP contribution in [0, 0.1) is 5.92 Å². The van der Waals surface area contributed by atoms with Crippen LogP contribution in [-0.2, 0) is 9.53 Å². The van der Waals surface area contributed by atoms with Gasteiger partial charge in [-0.2, -0.15) is 0 Å². The van der Waals surface area contributed by atoms with E-state index in [1.54, 1.807) is 0 Å². The normalized spacial score (nSPS) is 17.5. The highest BCUT2D eigenvalue weighted by Gasteiger charge is 2.30. The summed E-state index contributed by atoms with van der Waals surface area (Å²) < 4.78 is 5.22. The fraction of sp³-hybridized carbons (Fsp3) is 0.562. The van der Waals surface area contributed by atoms with E-state index in [4.69, 9.17) is 16.3 Å². The maximum Gasteiger partial charge on any atom is 0.328 e. The highest BCUT2D eigenvalue weighted by atomic mass is 35.5. The zero-order valence-electron chi connectivity index (χ0n) is 11.9. The van der Waals surface area contributed by atoms with E-state index in [9.17, 15) is 4.79 Å². The summed E-state index contributed by atoms with van der Waals surface area (Å²) in [7, 11) is 0. The van der Waals surface area contributed by atoms with Crippen LogP contribution in [0.4, 0.5) is 5.69 Å². The molecule has 0 aromatic heterocycles. The fourth-order valence-corrected chi connectivity index (χ4v) is 3.00. The quantitative estimate of drug-likeness (QED) is 0.825. The number of halogens is 1. The number of benzene rings is 1. The Labute approximate surface area is 125 Å². The van der Waals surface area contributed by atoms with Crippen LogP contribution < -0.4 is 5.32 Å².